The molecule has 0 aromatic heterocycles. The third-order valence-electron chi connectivity index (χ3n) is 3.22. The monoisotopic (exact) mass is 264 g/mol. The summed E-state index contributed by atoms with van der Waals surface area (Å²) in [6.07, 6.45) is 1.03. The molecule has 1 amide bonds. The Morgan fingerprint density at radius 2 is 2.11 bits per heavy atom. The van der Waals surface area contributed by atoms with Gasteiger partial charge in [0.2, 0.25) is 5.91 Å². The molecule has 0 bridgehead atoms. The maximum Gasteiger partial charge on any atom is 0.248 e. The number of benzene rings is 1. The van der Waals surface area contributed by atoms with E-state index in [9.17, 15) is 4.79 Å². The van der Waals surface area contributed by atoms with Crippen LogP contribution in [-0.4, -0.2) is 37.0 Å². The van der Waals surface area contributed by atoms with Crippen LogP contribution < -0.4 is 16.8 Å². The molecule has 0 unspecified atom stereocenters. The SMILES string of the molecule is CC(C)N(C)CCCNc1ccc(C(N)=O)cc1N. The number of hydrogen-bond acceptors (Lipinski definition) is 4. The largest absolute Gasteiger partial charge is 0.397 e. The van der Waals surface area contributed by atoms with E-state index < -0.39 is 5.91 Å². The van der Waals surface area contributed by atoms with Crippen LogP contribution in [0.15, 0.2) is 18.2 Å². The number of carbonyl (C=O) groups is 1. The Morgan fingerprint density at radius 1 is 1.42 bits per heavy atom. The first-order valence-electron chi connectivity index (χ1n) is 6.55. The molecule has 0 aliphatic heterocycles. The molecule has 0 aliphatic carbocycles. The molecule has 0 spiro atoms. The van der Waals surface area contributed by atoms with Gasteiger partial charge in [0, 0.05) is 18.2 Å². The van der Waals surface area contributed by atoms with E-state index in [2.05, 4.69) is 31.1 Å². The molecule has 19 heavy (non-hydrogen) atoms. The van der Waals surface area contributed by atoms with Crippen LogP contribution in [0.5, 0.6) is 0 Å². The summed E-state index contributed by atoms with van der Waals surface area (Å²) in [5.74, 6) is -0.461. The fourth-order valence-electron chi connectivity index (χ4n) is 1.69. The third-order valence-corrected chi connectivity index (χ3v) is 3.22. The number of nitrogen functional groups attached to an aromatic ring is 1. The lowest BCUT2D eigenvalue weighted by Crippen LogP contribution is -2.28. The molecular weight excluding hydrogens is 240 g/mol. The zero-order valence-electron chi connectivity index (χ0n) is 11.9. The first-order valence-corrected chi connectivity index (χ1v) is 6.55. The van der Waals surface area contributed by atoms with Gasteiger partial charge in [-0.3, -0.25) is 4.79 Å². The Bertz CT molecular complexity index is 431. The Labute approximate surface area is 115 Å². The highest BCUT2D eigenvalue weighted by atomic mass is 16.1. The van der Waals surface area contributed by atoms with Crippen molar-refractivity contribution in [3.05, 3.63) is 23.8 Å². The molecule has 0 heterocycles. The van der Waals surface area contributed by atoms with Crippen LogP contribution in [0, 0.1) is 0 Å². The zero-order chi connectivity index (χ0) is 14.4. The van der Waals surface area contributed by atoms with Gasteiger partial charge in [0.25, 0.3) is 0 Å². The maximum absolute atomic E-state index is 11.0. The van der Waals surface area contributed by atoms with Gasteiger partial charge in [0.1, 0.15) is 0 Å². The van der Waals surface area contributed by atoms with Gasteiger partial charge >= 0.3 is 0 Å². The van der Waals surface area contributed by atoms with Crippen LogP contribution in [0.1, 0.15) is 30.6 Å². The lowest BCUT2D eigenvalue weighted by Gasteiger charge is -2.21. The summed E-state index contributed by atoms with van der Waals surface area (Å²) in [6.45, 7) is 6.23. The molecule has 0 aliphatic rings. The lowest BCUT2D eigenvalue weighted by atomic mass is 10.1. The molecule has 0 atom stereocenters. The third kappa shape index (κ3) is 4.79. The van der Waals surface area contributed by atoms with Gasteiger partial charge in [-0.05, 0) is 52.1 Å². The van der Waals surface area contributed by atoms with Crippen molar-refractivity contribution in [2.45, 2.75) is 26.3 Å². The van der Waals surface area contributed by atoms with E-state index in [0.717, 1.165) is 25.2 Å². The Hall–Kier alpha value is -1.75. The predicted molar refractivity (Wildman–Crippen MR) is 80.2 cm³/mol. The van der Waals surface area contributed by atoms with Crippen molar-refractivity contribution in [1.82, 2.24) is 4.90 Å². The van der Waals surface area contributed by atoms with Crippen molar-refractivity contribution in [3.8, 4) is 0 Å². The predicted octanol–water partition coefficient (Wildman–Crippen LogP) is 1.51. The van der Waals surface area contributed by atoms with Crippen LogP contribution in [-0.2, 0) is 0 Å². The van der Waals surface area contributed by atoms with Crippen molar-refractivity contribution >= 4 is 17.3 Å². The van der Waals surface area contributed by atoms with E-state index in [1.807, 2.05) is 0 Å². The van der Waals surface area contributed by atoms with Gasteiger partial charge in [0.05, 0.1) is 11.4 Å². The van der Waals surface area contributed by atoms with E-state index in [4.69, 9.17) is 11.5 Å². The molecule has 0 fully saturated rings. The number of nitrogens with two attached hydrogens (primary N) is 2. The van der Waals surface area contributed by atoms with E-state index in [0.29, 0.717) is 17.3 Å². The van der Waals surface area contributed by atoms with Gasteiger partial charge in [0.15, 0.2) is 0 Å². The minimum atomic E-state index is -0.461. The first kappa shape index (κ1) is 15.3. The van der Waals surface area contributed by atoms with Crippen LogP contribution in [0.3, 0.4) is 0 Å². The fourth-order valence-corrected chi connectivity index (χ4v) is 1.69. The Balaban J connectivity index is 2.44. The second-order valence-electron chi connectivity index (χ2n) is 5.02. The number of nitrogens with one attached hydrogen (secondary N) is 1. The van der Waals surface area contributed by atoms with Gasteiger partial charge < -0.3 is 21.7 Å². The van der Waals surface area contributed by atoms with Crippen LogP contribution in [0.2, 0.25) is 0 Å². The molecular formula is C14H24N4O. The highest BCUT2D eigenvalue weighted by molar-refractivity contribution is 5.94. The molecule has 0 saturated heterocycles. The van der Waals surface area contributed by atoms with Crippen molar-refractivity contribution < 1.29 is 4.79 Å². The van der Waals surface area contributed by atoms with Crippen molar-refractivity contribution in [2.75, 3.05) is 31.2 Å². The number of nitrogens with zero attached hydrogens (tertiary/aromatic N) is 1. The summed E-state index contributed by atoms with van der Waals surface area (Å²) in [5, 5.41) is 3.27. The van der Waals surface area contributed by atoms with Gasteiger partial charge in [-0.25, -0.2) is 0 Å². The van der Waals surface area contributed by atoms with E-state index >= 15 is 0 Å². The van der Waals surface area contributed by atoms with E-state index in [1.165, 1.54) is 0 Å². The lowest BCUT2D eigenvalue weighted by molar-refractivity contribution is 0.100. The molecule has 1 aromatic rings. The van der Waals surface area contributed by atoms with Crippen molar-refractivity contribution in [1.29, 1.82) is 0 Å². The molecule has 0 saturated carbocycles. The smallest absolute Gasteiger partial charge is 0.248 e. The van der Waals surface area contributed by atoms with Gasteiger partial charge in [-0.15, -0.1) is 0 Å². The molecule has 5 heteroatoms. The van der Waals surface area contributed by atoms with E-state index in [1.54, 1.807) is 18.2 Å². The number of anilines is 2. The van der Waals surface area contributed by atoms with Gasteiger partial charge in [-0.2, -0.15) is 0 Å². The van der Waals surface area contributed by atoms with Crippen LogP contribution in [0.25, 0.3) is 0 Å². The molecule has 5 N–H and O–H groups in total. The normalized spacial score (nSPS) is 11.0. The molecule has 106 valence electrons. The summed E-state index contributed by atoms with van der Waals surface area (Å²) in [4.78, 5) is 13.3. The molecule has 1 rings (SSSR count). The zero-order valence-corrected chi connectivity index (χ0v) is 11.9. The summed E-state index contributed by atoms with van der Waals surface area (Å²) >= 11 is 0. The summed E-state index contributed by atoms with van der Waals surface area (Å²) in [7, 11) is 2.11. The second-order valence-corrected chi connectivity index (χ2v) is 5.02. The number of carbonyl (C=O) groups excluding carboxylic acids is 1. The Kier molecular flexibility index (Phi) is 5.63. The first-order chi connectivity index (χ1) is 8.91. The Morgan fingerprint density at radius 3 is 2.63 bits per heavy atom. The summed E-state index contributed by atoms with van der Waals surface area (Å²) < 4.78 is 0. The maximum atomic E-state index is 11.0. The highest BCUT2D eigenvalue weighted by Crippen LogP contribution is 2.19. The molecule has 1 aromatic carbocycles. The second kappa shape index (κ2) is 6.99. The van der Waals surface area contributed by atoms with Crippen LogP contribution in [0.4, 0.5) is 11.4 Å². The average Bonchev–Trinajstić information content (AvgIpc) is 2.35. The number of amides is 1. The number of hydrogen-bond donors (Lipinski definition) is 3. The minimum Gasteiger partial charge on any atom is -0.397 e. The average molecular weight is 264 g/mol. The quantitative estimate of drug-likeness (QED) is 0.515. The number of rotatable bonds is 7. The molecule has 0 radical (unpaired) electrons. The van der Waals surface area contributed by atoms with Gasteiger partial charge in [-0.1, -0.05) is 0 Å². The van der Waals surface area contributed by atoms with Crippen molar-refractivity contribution in [3.63, 3.8) is 0 Å². The van der Waals surface area contributed by atoms with Crippen molar-refractivity contribution in [2.24, 2.45) is 5.73 Å². The van der Waals surface area contributed by atoms with E-state index in [-0.39, 0.29) is 0 Å². The minimum absolute atomic E-state index is 0.433. The van der Waals surface area contributed by atoms with Crippen LogP contribution >= 0.6 is 0 Å². The summed E-state index contributed by atoms with van der Waals surface area (Å²) in [5.41, 5.74) is 12.9. The topological polar surface area (TPSA) is 84.4 Å². The summed E-state index contributed by atoms with van der Waals surface area (Å²) in [6, 6.07) is 5.63. The fraction of sp³-hybridized carbons (Fsp3) is 0.500. The number of primary amides is 1. The highest BCUT2D eigenvalue weighted by Gasteiger charge is 2.05. The standard InChI is InChI=1S/C14H24N4O/c1-10(2)18(3)8-4-7-17-13-6-5-11(14(16)19)9-12(13)15/h5-6,9-10,17H,4,7-8,15H2,1-3H3,(H2,16,19). The molecule has 5 nitrogen and oxygen atoms in total.